The molecule has 2 aliphatic heterocycles. The molecule has 10 heteroatoms. The Bertz CT molecular complexity index is 1480. The summed E-state index contributed by atoms with van der Waals surface area (Å²) in [7, 11) is 4.12. The topological polar surface area (TPSA) is 79.3 Å². The van der Waals surface area contributed by atoms with Gasteiger partial charge in [0.15, 0.2) is 11.6 Å². The van der Waals surface area contributed by atoms with Crippen molar-refractivity contribution < 1.29 is 4.52 Å². The number of anilines is 2. The molecule has 1 aliphatic carbocycles. The van der Waals surface area contributed by atoms with E-state index in [1.807, 2.05) is 6.07 Å². The van der Waals surface area contributed by atoms with Gasteiger partial charge in [-0.3, -0.25) is 0 Å². The van der Waals surface area contributed by atoms with Crippen LogP contribution in [0.25, 0.3) is 22.8 Å². The Morgan fingerprint density at radius 3 is 2.75 bits per heavy atom. The van der Waals surface area contributed by atoms with E-state index >= 15 is 0 Å². The molecule has 0 N–H and O–H groups in total. The van der Waals surface area contributed by atoms with Crippen molar-refractivity contribution in [3.63, 3.8) is 0 Å². The fraction of sp³-hybridized carbons (Fsp3) is 0.308. The molecule has 2 aromatic carbocycles. The fourth-order valence-corrected chi connectivity index (χ4v) is 5.43. The highest BCUT2D eigenvalue weighted by atomic mass is 79.9. The second kappa shape index (κ2) is 8.19. The van der Waals surface area contributed by atoms with E-state index in [4.69, 9.17) is 9.51 Å². The summed E-state index contributed by atoms with van der Waals surface area (Å²) in [4.78, 5) is 11.6. The molecule has 0 atom stereocenters. The zero-order chi connectivity index (χ0) is 24.4. The van der Waals surface area contributed by atoms with Gasteiger partial charge in [0.2, 0.25) is 0 Å². The minimum atomic E-state index is 0.422. The van der Waals surface area contributed by atoms with Crippen LogP contribution in [0.2, 0.25) is 0 Å². The molecule has 2 aromatic heterocycles. The number of rotatable bonds is 5. The maximum absolute atomic E-state index is 5.76. The Labute approximate surface area is 217 Å². The van der Waals surface area contributed by atoms with Crippen LogP contribution in [0.4, 0.5) is 11.4 Å². The SMILES string of the molecule is CN(C)c1ccc(CN2C=C3Cn4cnnc4-c4c(-c5nc(C6CC6)no5)cc(Br)cc4N3C2)cc1. The Morgan fingerprint density at radius 1 is 1.14 bits per heavy atom. The Balaban J connectivity index is 1.28. The molecule has 0 spiro atoms. The number of allylic oxidation sites excluding steroid dienone is 1. The molecule has 0 radical (unpaired) electrons. The summed E-state index contributed by atoms with van der Waals surface area (Å²) in [5, 5.41) is 13.0. The molecular formula is C26H25BrN8O. The van der Waals surface area contributed by atoms with Crippen LogP contribution in [0.15, 0.2) is 63.6 Å². The molecule has 0 amide bonds. The van der Waals surface area contributed by atoms with Gasteiger partial charge in [-0.1, -0.05) is 33.2 Å². The van der Waals surface area contributed by atoms with Crippen molar-refractivity contribution in [3.8, 4) is 22.8 Å². The predicted molar refractivity (Wildman–Crippen MR) is 140 cm³/mol. The van der Waals surface area contributed by atoms with Gasteiger partial charge in [-0.05, 0) is 42.7 Å². The molecular weight excluding hydrogens is 520 g/mol. The number of nitrogens with zero attached hydrogens (tertiary/aromatic N) is 8. The molecule has 4 aromatic rings. The minimum absolute atomic E-state index is 0.422. The Hall–Kier alpha value is -3.66. The first-order valence-corrected chi connectivity index (χ1v) is 12.9. The van der Waals surface area contributed by atoms with Crippen molar-refractivity contribution >= 4 is 27.3 Å². The zero-order valence-corrected chi connectivity index (χ0v) is 21.7. The highest BCUT2D eigenvalue weighted by Gasteiger charge is 2.34. The monoisotopic (exact) mass is 544 g/mol. The summed E-state index contributed by atoms with van der Waals surface area (Å²) in [6.45, 7) is 2.25. The van der Waals surface area contributed by atoms with E-state index in [0.29, 0.717) is 18.4 Å². The van der Waals surface area contributed by atoms with Crippen LogP contribution in [-0.4, -0.2) is 50.6 Å². The molecule has 3 aliphatic rings. The molecule has 9 nitrogen and oxygen atoms in total. The van der Waals surface area contributed by atoms with Crippen LogP contribution < -0.4 is 9.80 Å². The number of halogens is 1. The number of hydrogen-bond acceptors (Lipinski definition) is 8. The molecule has 1 saturated carbocycles. The van der Waals surface area contributed by atoms with Crippen molar-refractivity contribution in [1.82, 2.24) is 29.8 Å². The summed E-state index contributed by atoms with van der Waals surface area (Å²) in [6.07, 6.45) is 6.29. The van der Waals surface area contributed by atoms with Gasteiger partial charge < -0.3 is 23.8 Å². The quantitative estimate of drug-likeness (QED) is 0.353. The Kier molecular flexibility index (Phi) is 4.92. The largest absolute Gasteiger partial charge is 0.378 e. The van der Waals surface area contributed by atoms with E-state index in [-0.39, 0.29) is 0 Å². The predicted octanol–water partition coefficient (Wildman–Crippen LogP) is 4.84. The van der Waals surface area contributed by atoms with E-state index in [9.17, 15) is 0 Å². The van der Waals surface area contributed by atoms with Crippen molar-refractivity contribution in [2.24, 2.45) is 0 Å². The molecule has 36 heavy (non-hydrogen) atoms. The van der Waals surface area contributed by atoms with Crippen LogP contribution in [0, 0.1) is 0 Å². The highest BCUT2D eigenvalue weighted by molar-refractivity contribution is 9.10. The van der Waals surface area contributed by atoms with Gasteiger partial charge >= 0.3 is 0 Å². The van der Waals surface area contributed by atoms with Crippen LogP contribution in [0.1, 0.15) is 30.1 Å². The first kappa shape index (κ1) is 21.6. The van der Waals surface area contributed by atoms with E-state index in [1.165, 1.54) is 16.9 Å². The molecule has 1 fully saturated rings. The first-order valence-electron chi connectivity index (χ1n) is 12.1. The highest BCUT2D eigenvalue weighted by Crippen LogP contribution is 2.46. The van der Waals surface area contributed by atoms with Gasteiger partial charge in [0, 0.05) is 42.9 Å². The fourth-order valence-electron chi connectivity index (χ4n) is 4.98. The lowest BCUT2D eigenvalue weighted by molar-refractivity contribution is 0.400. The average molecular weight is 545 g/mol. The minimum Gasteiger partial charge on any atom is -0.378 e. The third-order valence-electron chi connectivity index (χ3n) is 7.00. The molecule has 182 valence electrons. The second-order valence-corrected chi connectivity index (χ2v) is 10.8. The molecule has 4 heterocycles. The number of hydrogen-bond donors (Lipinski definition) is 0. The van der Waals surface area contributed by atoms with Crippen molar-refractivity contribution in [2.45, 2.75) is 31.8 Å². The third-order valence-corrected chi connectivity index (χ3v) is 7.46. The van der Waals surface area contributed by atoms with E-state index in [0.717, 1.165) is 59.0 Å². The molecule has 0 saturated heterocycles. The van der Waals surface area contributed by atoms with Gasteiger partial charge in [0.1, 0.15) is 6.33 Å². The van der Waals surface area contributed by atoms with Gasteiger partial charge in [0.05, 0.1) is 35.7 Å². The summed E-state index contributed by atoms with van der Waals surface area (Å²) in [5.41, 5.74) is 6.54. The lowest BCUT2D eigenvalue weighted by Crippen LogP contribution is -2.27. The molecule has 0 bridgehead atoms. The maximum Gasteiger partial charge on any atom is 0.258 e. The number of benzene rings is 2. The second-order valence-electron chi connectivity index (χ2n) is 9.86. The summed E-state index contributed by atoms with van der Waals surface area (Å²) in [5.74, 6) is 2.54. The summed E-state index contributed by atoms with van der Waals surface area (Å²) in [6, 6.07) is 12.9. The molecule has 7 rings (SSSR count). The molecule has 0 unspecified atom stereocenters. The van der Waals surface area contributed by atoms with Crippen LogP contribution in [-0.2, 0) is 13.1 Å². The van der Waals surface area contributed by atoms with Gasteiger partial charge in [-0.25, -0.2) is 0 Å². The lowest BCUT2D eigenvalue weighted by atomic mass is 10.0. The van der Waals surface area contributed by atoms with Gasteiger partial charge in [-0.15, -0.1) is 10.2 Å². The van der Waals surface area contributed by atoms with E-state index in [2.05, 4.69) is 101 Å². The van der Waals surface area contributed by atoms with Crippen LogP contribution in [0.3, 0.4) is 0 Å². The maximum atomic E-state index is 5.76. The van der Waals surface area contributed by atoms with E-state index < -0.39 is 0 Å². The van der Waals surface area contributed by atoms with Crippen molar-refractivity contribution in [1.29, 1.82) is 0 Å². The third kappa shape index (κ3) is 3.67. The summed E-state index contributed by atoms with van der Waals surface area (Å²) >= 11 is 3.73. The lowest BCUT2D eigenvalue weighted by Gasteiger charge is -2.25. The smallest absolute Gasteiger partial charge is 0.258 e. The Morgan fingerprint density at radius 2 is 1.97 bits per heavy atom. The normalized spacial score (nSPS) is 16.4. The zero-order valence-electron chi connectivity index (χ0n) is 20.1. The van der Waals surface area contributed by atoms with Crippen LogP contribution >= 0.6 is 15.9 Å². The summed E-state index contributed by atoms with van der Waals surface area (Å²) < 4.78 is 8.80. The number of aromatic nitrogens is 5. The number of fused-ring (bicyclic) bond motifs is 5. The average Bonchev–Trinajstić information content (AvgIpc) is 3.26. The first-order chi connectivity index (χ1) is 17.5. The van der Waals surface area contributed by atoms with Crippen molar-refractivity contribution in [2.75, 3.05) is 30.6 Å². The van der Waals surface area contributed by atoms with Gasteiger partial charge in [-0.2, -0.15) is 4.98 Å². The standard InChI is InChI=1S/C26H25BrN8O/c1-32(2)19-7-3-16(4-8-19)11-33-12-20-13-34-14-28-30-25(34)23-21(9-18(27)10-22(23)35(20)15-33)26-29-24(31-36-26)17-5-6-17/h3-4,7-10,12,14,17H,5-6,11,13,15H2,1-2H3. The van der Waals surface area contributed by atoms with Crippen molar-refractivity contribution in [3.05, 3.63) is 70.5 Å². The van der Waals surface area contributed by atoms with Crippen LogP contribution in [0.5, 0.6) is 0 Å². The van der Waals surface area contributed by atoms with Gasteiger partial charge in [0.25, 0.3) is 5.89 Å². The van der Waals surface area contributed by atoms with E-state index in [1.54, 1.807) is 6.33 Å².